The number of hydrogen-bond acceptors (Lipinski definition) is 9. The van der Waals surface area contributed by atoms with Crippen LogP contribution in [0, 0.1) is 0 Å². The molecular weight excluding hydrogens is 386 g/mol. The molecule has 3 heterocycles. The Morgan fingerprint density at radius 3 is 2.50 bits per heavy atom. The average Bonchev–Trinajstić information content (AvgIpc) is 3.36. The number of aliphatic hydroxyl groups excluding tert-OH is 1. The highest BCUT2D eigenvalue weighted by molar-refractivity contribution is 7.21. The van der Waals surface area contributed by atoms with E-state index in [4.69, 9.17) is 23.4 Å². The highest BCUT2D eigenvalue weighted by Crippen LogP contribution is 2.48. The summed E-state index contributed by atoms with van der Waals surface area (Å²) >= 11 is 1.24. The van der Waals surface area contributed by atoms with E-state index in [0.29, 0.717) is 64.1 Å². The molecule has 1 saturated heterocycles. The number of carbonyl (C=O) groups is 1. The number of hydrogen-bond donors (Lipinski definition) is 1. The number of rotatable bonds is 5. The molecule has 1 aliphatic rings. The maximum absolute atomic E-state index is 12.0. The van der Waals surface area contributed by atoms with Gasteiger partial charge in [0.1, 0.15) is 16.4 Å². The minimum atomic E-state index is -0.894. The molecule has 8 nitrogen and oxygen atoms in total. The van der Waals surface area contributed by atoms with Crippen LogP contribution >= 0.6 is 11.3 Å². The Hall–Kier alpha value is -2.33. The third-order valence-electron chi connectivity index (χ3n) is 4.83. The lowest BCUT2D eigenvalue weighted by molar-refractivity contribution is -0.0688. The standard InChI is InChI=1S/C19H21NO7S/c1-23-14-10-8-12(18(21)20-4-6-26-7-5-20)27-15(10)16(24-2)17-11(14)9-13(28-17)19(22)25-3/h8-9,18,21H,4-7H2,1-3H3. The van der Waals surface area contributed by atoms with Crippen molar-refractivity contribution in [2.75, 3.05) is 47.6 Å². The Morgan fingerprint density at radius 2 is 1.86 bits per heavy atom. The molecular formula is C19H21NO7S. The van der Waals surface area contributed by atoms with Gasteiger partial charge in [-0.25, -0.2) is 4.79 Å². The molecule has 9 heteroatoms. The van der Waals surface area contributed by atoms with Gasteiger partial charge >= 0.3 is 5.97 Å². The van der Waals surface area contributed by atoms with E-state index < -0.39 is 12.2 Å². The molecule has 2 aromatic heterocycles. The van der Waals surface area contributed by atoms with Gasteiger partial charge in [0.2, 0.25) is 0 Å². The second kappa shape index (κ2) is 7.59. The van der Waals surface area contributed by atoms with Crippen LogP contribution in [0.2, 0.25) is 0 Å². The Bertz CT molecular complexity index is 960. The predicted octanol–water partition coefficient (Wildman–Crippen LogP) is 2.77. The van der Waals surface area contributed by atoms with E-state index in [0.717, 1.165) is 5.39 Å². The minimum Gasteiger partial charge on any atom is -0.495 e. The number of aliphatic hydroxyl groups is 1. The van der Waals surface area contributed by atoms with Crippen molar-refractivity contribution in [3.8, 4) is 11.5 Å². The van der Waals surface area contributed by atoms with E-state index in [1.54, 1.807) is 26.4 Å². The lowest BCUT2D eigenvalue weighted by Gasteiger charge is -2.29. The van der Waals surface area contributed by atoms with Crippen molar-refractivity contribution in [3.05, 3.63) is 22.8 Å². The second-order valence-electron chi connectivity index (χ2n) is 6.33. The van der Waals surface area contributed by atoms with E-state index in [1.807, 2.05) is 4.90 Å². The second-order valence-corrected chi connectivity index (χ2v) is 7.38. The summed E-state index contributed by atoms with van der Waals surface area (Å²) < 4.78 is 28.1. The van der Waals surface area contributed by atoms with Gasteiger partial charge in [-0.1, -0.05) is 0 Å². The van der Waals surface area contributed by atoms with Gasteiger partial charge in [0.25, 0.3) is 0 Å². The molecule has 1 unspecified atom stereocenters. The van der Waals surface area contributed by atoms with Gasteiger partial charge in [-0.3, -0.25) is 4.90 Å². The Labute approximate surface area is 165 Å². The van der Waals surface area contributed by atoms with E-state index in [2.05, 4.69) is 0 Å². The van der Waals surface area contributed by atoms with Crippen molar-refractivity contribution in [3.63, 3.8) is 0 Å². The molecule has 0 aliphatic carbocycles. The van der Waals surface area contributed by atoms with Crippen LogP contribution in [0.1, 0.15) is 21.7 Å². The van der Waals surface area contributed by atoms with Crippen molar-refractivity contribution in [2.45, 2.75) is 6.23 Å². The normalized spacial score (nSPS) is 16.4. The maximum Gasteiger partial charge on any atom is 0.348 e. The predicted molar refractivity (Wildman–Crippen MR) is 103 cm³/mol. The maximum atomic E-state index is 12.0. The number of fused-ring (bicyclic) bond motifs is 2. The van der Waals surface area contributed by atoms with Crippen LogP contribution in [0.25, 0.3) is 21.1 Å². The molecule has 1 N–H and O–H groups in total. The summed E-state index contributed by atoms with van der Waals surface area (Å²) in [6.07, 6.45) is -0.894. The largest absolute Gasteiger partial charge is 0.495 e. The molecule has 0 bridgehead atoms. The first kappa shape index (κ1) is 19.0. The zero-order valence-corrected chi connectivity index (χ0v) is 16.6. The molecule has 0 saturated carbocycles. The molecule has 1 atom stereocenters. The Morgan fingerprint density at radius 1 is 1.14 bits per heavy atom. The first-order chi connectivity index (χ1) is 13.6. The summed E-state index contributed by atoms with van der Waals surface area (Å²) in [5.74, 6) is 1.03. The number of morpholine rings is 1. The quantitative estimate of drug-likeness (QED) is 0.646. The zero-order valence-electron chi connectivity index (χ0n) is 15.8. The monoisotopic (exact) mass is 407 g/mol. The third-order valence-corrected chi connectivity index (χ3v) is 5.94. The number of ether oxygens (including phenoxy) is 4. The smallest absolute Gasteiger partial charge is 0.348 e. The van der Waals surface area contributed by atoms with Crippen molar-refractivity contribution in [1.29, 1.82) is 0 Å². The number of esters is 1. The van der Waals surface area contributed by atoms with Crippen molar-refractivity contribution < 1.29 is 33.3 Å². The van der Waals surface area contributed by atoms with Crippen LogP contribution in [-0.4, -0.2) is 63.6 Å². The summed E-state index contributed by atoms with van der Waals surface area (Å²) in [7, 11) is 4.44. The number of carbonyl (C=O) groups excluding carboxylic acids is 1. The zero-order chi connectivity index (χ0) is 19.8. The molecule has 1 aromatic carbocycles. The molecule has 150 valence electrons. The minimum absolute atomic E-state index is 0.402. The Balaban J connectivity index is 1.89. The fraction of sp³-hybridized carbons (Fsp3) is 0.421. The van der Waals surface area contributed by atoms with E-state index in [-0.39, 0.29) is 0 Å². The fourth-order valence-corrected chi connectivity index (χ4v) is 4.55. The van der Waals surface area contributed by atoms with Crippen LogP contribution in [0.15, 0.2) is 16.5 Å². The van der Waals surface area contributed by atoms with Crippen LogP contribution in [-0.2, 0) is 9.47 Å². The molecule has 3 aromatic rings. The molecule has 0 radical (unpaired) electrons. The SMILES string of the molecule is COC(=O)c1cc2c(OC)c3cc(C(O)N4CCOCC4)oc3c(OC)c2s1. The van der Waals surface area contributed by atoms with Gasteiger partial charge in [-0.05, 0) is 12.1 Å². The number of nitrogens with zero attached hydrogens (tertiary/aromatic N) is 1. The van der Waals surface area contributed by atoms with Gasteiger partial charge in [-0.2, -0.15) is 0 Å². The van der Waals surface area contributed by atoms with Gasteiger partial charge in [0.15, 0.2) is 17.6 Å². The molecule has 4 rings (SSSR count). The first-order valence-electron chi connectivity index (χ1n) is 8.78. The molecule has 0 spiro atoms. The number of furan rings is 1. The van der Waals surface area contributed by atoms with Crippen LogP contribution in [0.4, 0.5) is 0 Å². The van der Waals surface area contributed by atoms with Crippen molar-refractivity contribution >= 4 is 38.4 Å². The molecule has 28 heavy (non-hydrogen) atoms. The summed E-state index contributed by atoms with van der Waals surface area (Å²) in [6.45, 7) is 2.36. The molecule has 0 amide bonds. The Kier molecular flexibility index (Phi) is 5.15. The van der Waals surface area contributed by atoms with Crippen LogP contribution < -0.4 is 9.47 Å². The first-order valence-corrected chi connectivity index (χ1v) is 9.59. The number of benzene rings is 1. The lowest BCUT2D eigenvalue weighted by Crippen LogP contribution is -2.38. The van der Waals surface area contributed by atoms with E-state index >= 15 is 0 Å². The fourth-order valence-electron chi connectivity index (χ4n) is 3.46. The number of methoxy groups -OCH3 is 3. The van der Waals surface area contributed by atoms with Gasteiger partial charge in [0.05, 0.1) is 44.6 Å². The van der Waals surface area contributed by atoms with Gasteiger partial charge in [0, 0.05) is 18.5 Å². The van der Waals surface area contributed by atoms with Crippen molar-refractivity contribution in [1.82, 2.24) is 4.90 Å². The third kappa shape index (κ3) is 3.00. The van der Waals surface area contributed by atoms with Crippen LogP contribution in [0.3, 0.4) is 0 Å². The van der Waals surface area contributed by atoms with Gasteiger partial charge in [-0.15, -0.1) is 11.3 Å². The molecule has 1 aliphatic heterocycles. The summed E-state index contributed by atoms with van der Waals surface area (Å²) in [6, 6.07) is 3.48. The summed E-state index contributed by atoms with van der Waals surface area (Å²) in [5.41, 5.74) is 0.465. The van der Waals surface area contributed by atoms with E-state index in [1.165, 1.54) is 18.4 Å². The van der Waals surface area contributed by atoms with Crippen LogP contribution in [0.5, 0.6) is 11.5 Å². The highest BCUT2D eigenvalue weighted by atomic mass is 32.1. The van der Waals surface area contributed by atoms with E-state index in [9.17, 15) is 9.90 Å². The summed E-state index contributed by atoms with van der Waals surface area (Å²) in [5, 5.41) is 12.1. The molecule has 1 fully saturated rings. The topological polar surface area (TPSA) is 90.6 Å². The number of thiophene rings is 1. The summed E-state index contributed by atoms with van der Waals surface area (Å²) in [4.78, 5) is 14.3. The lowest BCUT2D eigenvalue weighted by atomic mass is 10.1. The van der Waals surface area contributed by atoms with Crippen molar-refractivity contribution in [2.24, 2.45) is 0 Å². The van der Waals surface area contributed by atoms with Gasteiger partial charge < -0.3 is 28.5 Å². The highest BCUT2D eigenvalue weighted by Gasteiger charge is 2.28. The average molecular weight is 407 g/mol.